The van der Waals surface area contributed by atoms with Crippen molar-refractivity contribution in [3.63, 3.8) is 0 Å². The van der Waals surface area contributed by atoms with Gasteiger partial charge in [0.25, 0.3) is 0 Å². The lowest BCUT2D eigenvalue weighted by molar-refractivity contribution is 0.549. The molecule has 0 spiro atoms. The third kappa shape index (κ3) is 3.00. The molecule has 1 saturated carbocycles. The van der Waals surface area contributed by atoms with E-state index in [0.29, 0.717) is 11.7 Å². The smallest absolute Gasteiger partial charge is 0.141 e. The van der Waals surface area contributed by atoms with Gasteiger partial charge in [-0.15, -0.1) is 0 Å². The zero-order valence-electron chi connectivity index (χ0n) is 11.0. The van der Waals surface area contributed by atoms with Crippen LogP contribution < -0.4 is 10.6 Å². The summed E-state index contributed by atoms with van der Waals surface area (Å²) in [5.41, 5.74) is 6.05. The second kappa shape index (κ2) is 5.85. The molecular formula is C14H22N4. The van der Waals surface area contributed by atoms with Crippen LogP contribution in [0.5, 0.6) is 0 Å². The average molecular weight is 246 g/mol. The average Bonchev–Trinajstić information content (AvgIpc) is 2.67. The van der Waals surface area contributed by atoms with Crippen molar-refractivity contribution in [1.29, 1.82) is 5.41 Å². The second-order valence-corrected chi connectivity index (χ2v) is 5.05. The van der Waals surface area contributed by atoms with Gasteiger partial charge in [0.2, 0.25) is 0 Å². The summed E-state index contributed by atoms with van der Waals surface area (Å²) < 4.78 is 0. The number of hydrogen-bond donors (Lipinski definition) is 2. The van der Waals surface area contributed by atoms with Crippen LogP contribution in [0.1, 0.15) is 44.2 Å². The van der Waals surface area contributed by atoms with Crippen molar-refractivity contribution < 1.29 is 0 Å². The van der Waals surface area contributed by atoms with Crippen LogP contribution in [-0.4, -0.2) is 23.9 Å². The molecule has 98 valence electrons. The van der Waals surface area contributed by atoms with Crippen LogP contribution in [0.25, 0.3) is 0 Å². The highest BCUT2D eigenvalue weighted by Gasteiger charge is 2.18. The molecule has 3 N–H and O–H groups in total. The van der Waals surface area contributed by atoms with Gasteiger partial charge < -0.3 is 10.6 Å². The largest absolute Gasteiger partial charge is 0.382 e. The Morgan fingerprint density at radius 1 is 1.28 bits per heavy atom. The minimum Gasteiger partial charge on any atom is -0.382 e. The minimum atomic E-state index is 0.0334. The Labute approximate surface area is 109 Å². The van der Waals surface area contributed by atoms with E-state index in [1.807, 2.05) is 12.1 Å². The summed E-state index contributed by atoms with van der Waals surface area (Å²) in [6.45, 7) is 0. The van der Waals surface area contributed by atoms with Gasteiger partial charge in [0.05, 0.1) is 0 Å². The van der Waals surface area contributed by atoms with E-state index < -0.39 is 0 Å². The van der Waals surface area contributed by atoms with Crippen LogP contribution >= 0.6 is 0 Å². The number of nitrogens with one attached hydrogen (secondary N) is 1. The molecule has 1 aliphatic carbocycles. The molecule has 0 atom stereocenters. The maximum Gasteiger partial charge on any atom is 0.141 e. The molecule has 0 unspecified atom stereocenters. The normalized spacial score (nSPS) is 17.2. The molecule has 1 aromatic rings. The van der Waals surface area contributed by atoms with Crippen molar-refractivity contribution in [2.24, 2.45) is 5.73 Å². The molecule has 18 heavy (non-hydrogen) atoms. The monoisotopic (exact) mass is 246 g/mol. The van der Waals surface area contributed by atoms with E-state index in [1.54, 1.807) is 6.07 Å². The molecule has 0 amide bonds. The van der Waals surface area contributed by atoms with Crippen LogP contribution in [0, 0.1) is 5.41 Å². The standard InChI is InChI=1S/C14H22N4/c1-18(11-7-4-2-3-5-8-11)13-10-6-9-12(17-13)14(15)16/h6,9-11H,2-5,7-8H2,1H3,(H3,15,16). The van der Waals surface area contributed by atoms with E-state index in [0.717, 1.165) is 5.82 Å². The summed E-state index contributed by atoms with van der Waals surface area (Å²) in [5, 5.41) is 7.45. The van der Waals surface area contributed by atoms with Crippen molar-refractivity contribution in [3.05, 3.63) is 23.9 Å². The number of nitrogens with zero attached hydrogens (tertiary/aromatic N) is 2. The first kappa shape index (κ1) is 12.9. The molecule has 4 heteroatoms. The van der Waals surface area contributed by atoms with E-state index in [4.69, 9.17) is 11.1 Å². The summed E-state index contributed by atoms with van der Waals surface area (Å²) in [6.07, 6.45) is 7.80. The lowest BCUT2D eigenvalue weighted by atomic mass is 10.1. The number of nitrogens with two attached hydrogens (primary N) is 1. The van der Waals surface area contributed by atoms with Crippen molar-refractivity contribution in [3.8, 4) is 0 Å². The molecule has 4 nitrogen and oxygen atoms in total. The summed E-state index contributed by atoms with van der Waals surface area (Å²) in [4.78, 5) is 6.70. The first-order valence-electron chi connectivity index (χ1n) is 6.73. The number of pyridine rings is 1. The molecule has 0 aromatic carbocycles. The number of amidine groups is 1. The van der Waals surface area contributed by atoms with Gasteiger partial charge in [-0.05, 0) is 25.0 Å². The maximum absolute atomic E-state index is 7.45. The van der Waals surface area contributed by atoms with E-state index >= 15 is 0 Å². The Bertz CT molecular complexity index is 408. The molecule has 0 aliphatic heterocycles. The van der Waals surface area contributed by atoms with Crippen LogP contribution in [0.4, 0.5) is 5.82 Å². The van der Waals surface area contributed by atoms with Crippen molar-refractivity contribution in [2.75, 3.05) is 11.9 Å². The lowest BCUT2D eigenvalue weighted by Gasteiger charge is -2.28. The van der Waals surface area contributed by atoms with Crippen molar-refractivity contribution in [2.45, 2.75) is 44.6 Å². The van der Waals surface area contributed by atoms with Gasteiger partial charge >= 0.3 is 0 Å². The zero-order valence-corrected chi connectivity index (χ0v) is 11.0. The third-order valence-corrected chi connectivity index (χ3v) is 3.74. The number of anilines is 1. The summed E-state index contributed by atoms with van der Waals surface area (Å²) >= 11 is 0. The Morgan fingerprint density at radius 2 is 1.94 bits per heavy atom. The molecule has 2 rings (SSSR count). The van der Waals surface area contributed by atoms with Gasteiger partial charge in [0.15, 0.2) is 0 Å². The second-order valence-electron chi connectivity index (χ2n) is 5.05. The fraction of sp³-hybridized carbons (Fsp3) is 0.571. The fourth-order valence-electron chi connectivity index (χ4n) is 2.60. The Kier molecular flexibility index (Phi) is 4.18. The Hall–Kier alpha value is -1.58. The molecule has 0 saturated heterocycles. The number of aromatic nitrogens is 1. The van der Waals surface area contributed by atoms with Crippen LogP contribution in [-0.2, 0) is 0 Å². The van der Waals surface area contributed by atoms with Gasteiger partial charge in [0.1, 0.15) is 17.3 Å². The third-order valence-electron chi connectivity index (χ3n) is 3.74. The number of hydrogen-bond acceptors (Lipinski definition) is 3. The first-order chi connectivity index (χ1) is 8.68. The first-order valence-corrected chi connectivity index (χ1v) is 6.73. The molecule has 0 radical (unpaired) electrons. The summed E-state index contributed by atoms with van der Waals surface area (Å²) in [7, 11) is 2.10. The summed E-state index contributed by atoms with van der Waals surface area (Å²) in [6, 6.07) is 6.28. The number of rotatable bonds is 3. The van der Waals surface area contributed by atoms with Gasteiger partial charge in [-0.1, -0.05) is 31.7 Å². The van der Waals surface area contributed by atoms with Gasteiger partial charge in [-0.2, -0.15) is 0 Å². The van der Waals surface area contributed by atoms with Crippen LogP contribution in [0.3, 0.4) is 0 Å². The van der Waals surface area contributed by atoms with E-state index in [2.05, 4.69) is 16.9 Å². The highest BCUT2D eigenvalue weighted by atomic mass is 15.2. The Balaban J connectivity index is 2.13. The minimum absolute atomic E-state index is 0.0334. The SMILES string of the molecule is CN(c1cccc(C(=N)N)n1)C1CCCCCC1. The zero-order chi connectivity index (χ0) is 13.0. The van der Waals surface area contributed by atoms with Crippen molar-refractivity contribution >= 4 is 11.7 Å². The van der Waals surface area contributed by atoms with Crippen LogP contribution in [0.2, 0.25) is 0 Å². The molecule has 1 fully saturated rings. The molecule has 1 heterocycles. The van der Waals surface area contributed by atoms with Crippen LogP contribution in [0.15, 0.2) is 18.2 Å². The van der Waals surface area contributed by atoms with E-state index in [9.17, 15) is 0 Å². The fourth-order valence-corrected chi connectivity index (χ4v) is 2.60. The lowest BCUT2D eigenvalue weighted by Crippen LogP contribution is -2.32. The van der Waals surface area contributed by atoms with E-state index in [-0.39, 0.29) is 5.84 Å². The topological polar surface area (TPSA) is 66.0 Å². The predicted molar refractivity (Wildman–Crippen MR) is 75.1 cm³/mol. The highest BCUT2D eigenvalue weighted by molar-refractivity contribution is 5.93. The van der Waals surface area contributed by atoms with Gasteiger partial charge in [-0.25, -0.2) is 4.98 Å². The highest BCUT2D eigenvalue weighted by Crippen LogP contribution is 2.24. The Morgan fingerprint density at radius 3 is 2.56 bits per heavy atom. The molecule has 0 bridgehead atoms. The number of nitrogen functional groups attached to an aromatic ring is 1. The quantitative estimate of drug-likeness (QED) is 0.489. The van der Waals surface area contributed by atoms with Gasteiger partial charge in [-0.3, -0.25) is 5.41 Å². The molecular weight excluding hydrogens is 224 g/mol. The maximum atomic E-state index is 7.45. The summed E-state index contributed by atoms with van der Waals surface area (Å²) in [5.74, 6) is 0.959. The molecule has 1 aliphatic rings. The van der Waals surface area contributed by atoms with E-state index in [1.165, 1.54) is 38.5 Å². The van der Waals surface area contributed by atoms with Gasteiger partial charge in [0, 0.05) is 13.1 Å². The predicted octanol–water partition coefficient (Wildman–Crippen LogP) is 2.52. The molecule has 1 aromatic heterocycles. The van der Waals surface area contributed by atoms with Crippen molar-refractivity contribution in [1.82, 2.24) is 4.98 Å².